The maximum Gasteiger partial charge on any atom is 0.434 e. The number of carbonyl (C=O) groups is 1. The molecule has 0 aromatic carbocycles. The molecule has 0 bridgehead atoms. The molecular weight excluding hydrogens is 251 g/mol. The van der Waals surface area contributed by atoms with Crippen molar-refractivity contribution >= 4 is 17.5 Å². The molecule has 18 heavy (non-hydrogen) atoms. The Labute approximate surface area is 99.5 Å². The first-order chi connectivity index (χ1) is 8.36. The molecule has 0 saturated carbocycles. The monoisotopic (exact) mass is 259 g/mol. The number of rotatable bonds is 3. The molecule has 0 aliphatic heterocycles. The number of aliphatic carboxylic acids is 1. The number of carboxylic acid groups (broad SMARTS) is 1. The summed E-state index contributed by atoms with van der Waals surface area (Å²) in [6, 6.07) is 4.12. The van der Waals surface area contributed by atoms with Crippen LogP contribution < -0.4 is 5.73 Å². The fourth-order valence-electron chi connectivity index (χ4n) is 1.06. The first-order valence-electron chi connectivity index (χ1n) is 4.58. The number of nitrogens with two attached hydrogens (primary N) is 1. The number of alkyl halides is 3. The van der Waals surface area contributed by atoms with Crippen molar-refractivity contribution in [1.82, 2.24) is 4.98 Å². The summed E-state index contributed by atoms with van der Waals surface area (Å²) in [5.41, 5.74) is 2.15. The van der Waals surface area contributed by atoms with Crippen molar-refractivity contribution in [3.05, 3.63) is 36.2 Å². The van der Waals surface area contributed by atoms with Crippen molar-refractivity contribution in [1.29, 1.82) is 0 Å². The molecule has 0 atom stereocenters. The molecule has 96 valence electrons. The number of pyridine rings is 1. The van der Waals surface area contributed by atoms with Gasteiger partial charge >= 0.3 is 12.1 Å². The summed E-state index contributed by atoms with van der Waals surface area (Å²) < 4.78 is 38.1. The SMILES string of the molecule is NC=C(C(=O)O)C(=Nc1ccccn1)C(F)(F)F. The van der Waals surface area contributed by atoms with Crippen LogP contribution in [0.2, 0.25) is 0 Å². The van der Waals surface area contributed by atoms with Crippen molar-refractivity contribution in [2.45, 2.75) is 6.18 Å². The number of aliphatic imine (C=N–C) groups is 1. The van der Waals surface area contributed by atoms with Gasteiger partial charge in [0.1, 0.15) is 5.57 Å². The van der Waals surface area contributed by atoms with Crippen molar-refractivity contribution in [2.24, 2.45) is 10.7 Å². The van der Waals surface area contributed by atoms with Gasteiger partial charge in [0, 0.05) is 12.4 Å². The number of hydrogen-bond acceptors (Lipinski definition) is 4. The van der Waals surface area contributed by atoms with Crippen LogP contribution in [0.5, 0.6) is 0 Å². The van der Waals surface area contributed by atoms with Gasteiger partial charge in [-0.2, -0.15) is 13.2 Å². The van der Waals surface area contributed by atoms with Gasteiger partial charge in [-0.25, -0.2) is 14.8 Å². The molecule has 5 nitrogen and oxygen atoms in total. The van der Waals surface area contributed by atoms with Crippen LogP contribution in [0, 0.1) is 0 Å². The second kappa shape index (κ2) is 5.30. The van der Waals surface area contributed by atoms with E-state index >= 15 is 0 Å². The van der Waals surface area contributed by atoms with E-state index in [0.29, 0.717) is 6.20 Å². The quantitative estimate of drug-likeness (QED) is 0.638. The highest BCUT2D eigenvalue weighted by molar-refractivity contribution is 6.21. The van der Waals surface area contributed by atoms with E-state index in [2.05, 4.69) is 9.98 Å². The van der Waals surface area contributed by atoms with E-state index < -0.39 is 23.4 Å². The minimum absolute atomic E-state index is 0.259. The molecular formula is C10H8F3N3O2. The molecule has 0 radical (unpaired) electrons. The summed E-state index contributed by atoms with van der Waals surface area (Å²) >= 11 is 0. The van der Waals surface area contributed by atoms with Gasteiger partial charge in [-0.1, -0.05) is 6.07 Å². The van der Waals surface area contributed by atoms with Gasteiger partial charge in [-0.05, 0) is 12.1 Å². The summed E-state index contributed by atoms with van der Waals surface area (Å²) in [5.74, 6) is -2.07. The Morgan fingerprint density at radius 3 is 2.50 bits per heavy atom. The topological polar surface area (TPSA) is 88.6 Å². The van der Waals surface area contributed by atoms with Gasteiger partial charge in [0.05, 0.1) is 0 Å². The van der Waals surface area contributed by atoms with Gasteiger partial charge < -0.3 is 10.8 Å². The molecule has 8 heteroatoms. The molecule has 3 N–H and O–H groups in total. The van der Waals surface area contributed by atoms with E-state index in [1.165, 1.54) is 24.4 Å². The molecule has 1 rings (SSSR count). The van der Waals surface area contributed by atoms with E-state index in [0.717, 1.165) is 0 Å². The second-order valence-corrected chi connectivity index (χ2v) is 3.03. The normalized spacial score (nSPS) is 13.5. The molecule has 0 fully saturated rings. The second-order valence-electron chi connectivity index (χ2n) is 3.03. The van der Waals surface area contributed by atoms with Crippen molar-refractivity contribution in [3.63, 3.8) is 0 Å². The molecule has 0 aliphatic carbocycles. The molecule has 1 aromatic rings. The minimum Gasteiger partial charge on any atom is -0.478 e. The molecule has 0 spiro atoms. The average Bonchev–Trinajstić information content (AvgIpc) is 2.28. The number of hydrogen-bond donors (Lipinski definition) is 2. The van der Waals surface area contributed by atoms with Crippen LogP contribution in [0.25, 0.3) is 0 Å². The van der Waals surface area contributed by atoms with Crippen LogP contribution in [0.4, 0.5) is 19.0 Å². The lowest BCUT2D eigenvalue weighted by Crippen LogP contribution is -2.29. The van der Waals surface area contributed by atoms with Crippen LogP contribution in [0.15, 0.2) is 41.2 Å². The predicted octanol–water partition coefficient (Wildman–Crippen LogP) is 1.64. The highest BCUT2D eigenvalue weighted by Gasteiger charge is 2.40. The summed E-state index contributed by atoms with van der Waals surface area (Å²) in [6.07, 6.45) is -3.36. The Balaban J connectivity index is 3.32. The third-order valence-electron chi connectivity index (χ3n) is 1.80. The van der Waals surface area contributed by atoms with E-state index in [9.17, 15) is 18.0 Å². The summed E-state index contributed by atoms with van der Waals surface area (Å²) in [6.45, 7) is 0. The van der Waals surface area contributed by atoms with Crippen LogP contribution in [-0.2, 0) is 4.79 Å². The number of halogens is 3. The summed E-state index contributed by atoms with van der Waals surface area (Å²) in [5, 5.41) is 8.64. The molecule has 0 amide bonds. The number of nitrogens with zero attached hydrogens (tertiary/aromatic N) is 2. The van der Waals surface area contributed by atoms with E-state index in [1.807, 2.05) is 0 Å². The highest BCUT2D eigenvalue weighted by atomic mass is 19.4. The summed E-state index contributed by atoms with van der Waals surface area (Å²) in [4.78, 5) is 17.4. The first-order valence-corrected chi connectivity index (χ1v) is 4.58. The average molecular weight is 259 g/mol. The van der Waals surface area contributed by atoms with Crippen molar-refractivity contribution < 1.29 is 23.1 Å². The Morgan fingerprint density at radius 2 is 2.11 bits per heavy atom. The molecule has 0 saturated heterocycles. The Morgan fingerprint density at radius 1 is 1.44 bits per heavy atom. The zero-order chi connectivity index (χ0) is 13.8. The maximum absolute atomic E-state index is 12.7. The lowest BCUT2D eigenvalue weighted by atomic mass is 10.1. The molecule has 0 unspecified atom stereocenters. The van der Waals surface area contributed by atoms with Gasteiger partial charge in [-0.15, -0.1) is 0 Å². The van der Waals surface area contributed by atoms with Crippen LogP contribution >= 0.6 is 0 Å². The van der Waals surface area contributed by atoms with Gasteiger partial charge in [0.25, 0.3) is 0 Å². The standard InChI is InChI=1S/C10H8F3N3O2/c11-10(12,13)8(6(5-14)9(17)18)16-7-3-1-2-4-15-7/h1-5H,14H2,(H,17,18). The Bertz CT molecular complexity index is 495. The molecule has 1 heterocycles. The fourth-order valence-corrected chi connectivity index (χ4v) is 1.06. The van der Waals surface area contributed by atoms with Crippen molar-refractivity contribution in [3.8, 4) is 0 Å². The zero-order valence-corrected chi connectivity index (χ0v) is 8.85. The van der Waals surface area contributed by atoms with Gasteiger partial charge in [0.2, 0.25) is 0 Å². The van der Waals surface area contributed by atoms with Gasteiger partial charge in [0.15, 0.2) is 11.5 Å². The highest BCUT2D eigenvalue weighted by Crippen LogP contribution is 2.24. The lowest BCUT2D eigenvalue weighted by Gasteiger charge is -2.10. The predicted molar refractivity (Wildman–Crippen MR) is 57.3 cm³/mol. The van der Waals surface area contributed by atoms with E-state index in [4.69, 9.17) is 10.8 Å². The Hall–Kier alpha value is -2.38. The van der Waals surface area contributed by atoms with Crippen LogP contribution in [0.3, 0.4) is 0 Å². The third kappa shape index (κ3) is 3.30. The first kappa shape index (κ1) is 13.7. The smallest absolute Gasteiger partial charge is 0.434 e. The fraction of sp³-hybridized carbons (Fsp3) is 0.100. The third-order valence-corrected chi connectivity index (χ3v) is 1.80. The lowest BCUT2D eigenvalue weighted by molar-refractivity contribution is -0.132. The molecule has 1 aromatic heterocycles. The van der Waals surface area contributed by atoms with E-state index in [1.54, 1.807) is 0 Å². The van der Waals surface area contributed by atoms with E-state index in [-0.39, 0.29) is 5.82 Å². The van der Waals surface area contributed by atoms with Crippen LogP contribution in [0.1, 0.15) is 0 Å². The number of carboxylic acids is 1. The number of aromatic nitrogens is 1. The maximum atomic E-state index is 12.7. The zero-order valence-electron chi connectivity index (χ0n) is 8.85. The van der Waals surface area contributed by atoms with Gasteiger partial charge in [-0.3, -0.25) is 0 Å². The van der Waals surface area contributed by atoms with Crippen LogP contribution in [-0.4, -0.2) is 27.9 Å². The minimum atomic E-state index is -4.94. The van der Waals surface area contributed by atoms with Crippen molar-refractivity contribution in [2.75, 3.05) is 0 Å². The molecule has 0 aliphatic rings. The summed E-state index contributed by atoms with van der Waals surface area (Å²) in [7, 11) is 0. The Kier molecular flexibility index (Phi) is 4.03. The largest absolute Gasteiger partial charge is 0.478 e.